The molecule has 0 saturated carbocycles. The summed E-state index contributed by atoms with van der Waals surface area (Å²) in [5.74, 6) is -0.144. The number of hydrogen-bond acceptors (Lipinski definition) is 4. The van der Waals surface area contributed by atoms with E-state index in [1.165, 1.54) is 43.5 Å². The molecule has 0 saturated heterocycles. The van der Waals surface area contributed by atoms with Crippen molar-refractivity contribution in [3.05, 3.63) is 48.3 Å². The summed E-state index contributed by atoms with van der Waals surface area (Å²) < 4.78 is 44.5. The maximum atomic E-state index is 13.0. The molecule has 2 aromatic rings. The molecule has 0 radical (unpaired) electrons. The van der Waals surface area contributed by atoms with Crippen LogP contribution in [0.3, 0.4) is 0 Å². The van der Waals surface area contributed by atoms with Crippen LogP contribution in [0.15, 0.2) is 47.4 Å². The molecule has 0 aliphatic rings. The van der Waals surface area contributed by atoms with Gasteiger partial charge in [0.15, 0.2) is 0 Å². The first-order valence-corrected chi connectivity index (χ1v) is 7.12. The molecule has 0 aromatic heterocycles. The Labute approximate surface area is 116 Å². The van der Waals surface area contributed by atoms with Gasteiger partial charge in [-0.2, -0.15) is 0 Å². The highest BCUT2D eigenvalue weighted by Gasteiger charge is 2.16. The van der Waals surface area contributed by atoms with Gasteiger partial charge in [-0.15, -0.1) is 0 Å². The van der Waals surface area contributed by atoms with Crippen molar-refractivity contribution in [1.29, 1.82) is 0 Å². The fourth-order valence-corrected chi connectivity index (χ4v) is 2.73. The lowest BCUT2D eigenvalue weighted by Gasteiger charge is -2.10. The van der Waals surface area contributed by atoms with Crippen LogP contribution in [-0.4, -0.2) is 15.5 Å². The molecule has 0 bridgehead atoms. The minimum Gasteiger partial charge on any atom is -0.495 e. The maximum Gasteiger partial charge on any atom is 0.261 e. The second-order valence-electron chi connectivity index (χ2n) is 4.02. The van der Waals surface area contributed by atoms with E-state index in [1.54, 1.807) is 0 Å². The Morgan fingerprint density at radius 2 is 1.95 bits per heavy atom. The van der Waals surface area contributed by atoms with Gasteiger partial charge in [0.1, 0.15) is 11.6 Å². The summed E-state index contributed by atoms with van der Waals surface area (Å²) in [6, 6.07) is 9.27. The third-order valence-electron chi connectivity index (χ3n) is 2.59. The van der Waals surface area contributed by atoms with Crippen molar-refractivity contribution in [1.82, 2.24) is 0 Å². The summed E-state index contributed by atoms with van der Waals surface area (Å²) in [5, 5.41) is 0. The molecule has 5 nitrogen and oxygen atoms in total. The second kappa shape index (κ2) is 5.38. The van der Waals surface area contributed by atoms with E-state index in [1.807, 2.05) is 0 Å². The summed E-state index contributed by atoms with van der Waals surface area (Å²) in [6.45, 7) is 0. The first-order valence-electron chi connectivity index (χ1n) is 5.64. The van der Waals surface area contributed by atoms with Crippen LogP contribution < -0.4 is 15.2 Å². The molecule has 0 aliphatic heterocycles. The van der Waals surface area contributed by atoms with E-state index in [-0.39, 0.29) is 16.3 Å². The van der Waals surface area contributed by atoms with E-state index < -0.39 is 15.8 Å². The summed E-state index contributed by atoms with van der Waals surface area (Å²) in [5.41, 5.74) is 6.01. The Balaban J connectivity index is 2.33. The quantitative estimate of drug-likeness (QED) is 0.848. The molecule has 2 aromatic carbocycles. The van der Waals surface area contributed by atoms with Crippen LogP contribution in [0.1, 0.15) is 0 Å². The Morgan fingerprint density at radius 1 is 1.20 bits per heavy atom. The van der Waals surface area contributed by atoms with Gasteiger partial charge < -0.3 is 10.5 Å². The van der Waals surface area contributed by atoms with Crippen LogP contribution in [0.25, 0.3) is 0 Å². The summed E-state index contributed by atoms with van der Waals surface area (Å²) in [7, 11) is -2.39. The Bertz CT molecular complexity index is 732. The highest BCUT2D eigenvalue weighted by atomic mass is 32.2. The monoisotopic (exact) mass is 296 g/mol. The summed E-state index contributed by atoms with van der Waals surface area (Å²) >= 11 is 0. The third kappa shape index (κ3) is 3.00. The average Bonchev–Trinajstić information content (AvgIpc) is 2.38. The molecule has 2 rings (SSSR count). The van der Waals surface area contributed by atoms with Crippen molar-refractivity contribution in [2.24, 2.45) is 0 Å². The van der Waals surface area contributed by atoms with Crippen molar-refractivity contribution >= 4 is 21.4 Å². The van der Waals surface area contributed by atoms with Crippen molar-refractivity contribution in [3.8, 4) is 5.75 Å². The molecule has 0 spiro atoms. The van der Waals surface area contributed by atoms with E-state index in [0.29, 0.717) is 5.75 Å². The predicted molar refractivity (Wildman–Crippen MR) is 74.6 cm³/mol. The maximum absolute atomic E-state index is 13.0. The Hall–Kier alpha value is -2.28. The molecular weight excluding hydrogens is 283 g/mol. The predicted octanol–water partition coefficient (Wildman–Crippen LogP) is 2.22. The highest BCUT2D eigenvalue weighted by molar-refractivity contribution is 7.92. The van der Waals surface area contributed by atoms with Crippen molar-refractivity contribution < 1.29 is 17.5 Å². The molecule has 0 fully saturated rings. The Morgan fingerprint density at radius 3 is 2.55 bits per heavy atom. The van der Waals surface area contributed by atoms with Crippen molar-refractivity contribution in [3.63, 3.8) is 0 Å². The minimum absolute atomic E-state index is 0.0277. The zero-order valence-corrected chi connectivity index (χ0v) is 11.4. The molecule has 0 heterocycles. The number of ether oxygens (including phenoxy) is 1. The zero-order valence-electron chi connectivity index (χ0n) is 10.6. The molecule has 0 unspecified atom stereocenters. The number of benzene rings is 2. The van der Waals surface area contributed by atoms with Crippen LogP contribution >= 0.6 is 0 Å². The van der Waals surface area contributed by atoms with E-state index >= 15 is 0 Å². The SMILES string of the molecule is COc1ccc(S(=O)(=O)Nc2cccc(F)c2)cc1N. The smallest absolute Gasteiger partial charge is 0.261 e. The normalized spacial score (nSPS) is 11.1. The number of nitrogen functional groups attached to an aromatic ring is 1. The van der Waals surface area contributed by atoms with Crippen LogP contribution in [-0.2, 0) is 10.0 Å². The second-order valence-corrected chi connectivity index (χ2v) is 5.70. The van der Waals surface area contributed by atoms with Gasteiger partial charge in [-0.3, -0.25) is 4.72 Å². The number of anilines is 2. The average molecular weight is 296 g/mol. The summed E-state index contributed by atoms with van der Waals surface area (Å²) in [4.78, 5) is -0.0277. The van der Waals surface area contributed by atoms with Crippen LogP contribution in [0.5, 0.6) is 5.75 Å². The van der Waals surface area contributed by atoms with Gasteiger partial charge in [0.05, 0.1) is 23.4 Å². The molecule has 0 amide bonds. The first-order chi connectivity index (χ1) is 9.42. The lowest BCUT2D eigenvalue weighted by molar-refractivity contribution is 0.416. The lowest BCUT2D eigenvalue weighted by atomic mass is 10.3. The number of hydrogen-bond donors (Lipinski definition) is 2. The largest absolute Gasteiger partial charge is 0.495 e. The number of nitrogens with two attached hydrogens (primary N) is 1. The highest BCUT2D eigenvalue weighted by Crippen LogP contribution is 2.25. The van der Waals surface area contributed by atoms with Crippen molar-refractivity contribution in [2.45, 2.75) is 4.90 Å². The van der Waals surface area contributed by atoms with Crippen LogP contribution in [0.4, 0.5) is 15.8 Å². The number of rotatable bonds is 4. The molecule has 3 N–H and O–H groups in total. The number of methoxy groups -OCH3 is 1. The topological polar surface area (TPSA) is 81.4 Å². The fraction of sp³-hybridized carbons (Fsp3) is 0.0769. The van der Waals surface area contributed by atoms with E-state index in [2.05, 4.69) is 4.72 Å². The van der Waals surface area contributed by atoms with Gasteiger partial charge in [0.2, 0.25) is 0 Å². The van der Waals surface area contributed by atoms with Crippen LogP contribution in [0.2, 0.25) is 0 Å². The van der Waals surface area contributed by atoms with Gasteiger partial charge in [-0.05, 0) is 36.4 Å². The lowest BCUT2D eigenvalue weighted by Crippen LogP contribution is -2.13. The zero-order chi connectivity index (χ0) is 14.8. The summed E-state index contributed by atoms with van der Waals surface area (Å²) in [6.07, 6.45) is 0. The van der Waals surface area contributed by atoms with E-state index in [4.69, 9.17) is 10.5 Å². The first kappa shape index (κ1) is 14.1. The van der Waals surface area contributed by atoms with Crippen molar-refractivity contribution in [2.75, 3.05) is 17.6 Å². The molecule has 20 heavy (non-hydrogen) atoms. The molecule has 7 heteroatoms. The van der Waals surface area contributed by atoms with E-state index in [0.717, 1.165) is 6.07 Å². The van der Waals surface area contributed by atoms with Gasteiger partial charge in [0.25, 0.3) is 10.0 Å². The molecular formula is C13H13FN2O3S. The van der Waals surface area contributed by atoms with Gasteiger partial charge in [-0.1, -0.05) is 6.07 Å². The molecule has 106 valence electrons. The fourth-order valence-electron chi connectivity index (χ4n) is 1.65. The number of sulfonamides is 1. The van der Waals surface area contributed by atoms with E-state index in [9.17, 15) is 12.8 Å². The van der Waals surface area contributed by atoms with Gasteiger partial charge in [0, 0.05) is 0 Å². The van der Waals surface area contributed by atoms with Crippen LogP contribution in [0, 0.1) is 5.82 Å². The van der Waals surface area contributed by atoms with Gasteiger partial charge in [-0.25, -0.2) is 12.8 Å². The Kier molecular flexibility index (Phi) is 3.80. The minimum atomic E-state index is -3.83. The molecule has 0 atom stereocenters. The standard InChI is InChI=1S/C13H13FN2O3S/c1-19-13-6-5-11(8-12(13)15)20(17,18)16-10-4-2-3-9(14)7-10/h2-8,16H,15H2,1H3. The molecule has 0 aliphatic carbocycles. The third-order valence-corrected chi connectivity index (χ3v) is 3.97. The number of nitrogens with one attached hydrogen (secondary N) is 1. The van der Waals surface area contributed by atoms with Gasteiger partial charge >= 0.3 is 0 Å². The number of halogens is 1.